The molecule has 0 atom stereocenters. The first-order valence-electron chi connectivity index (χ1n) is 5.33. The minimum absolute atomic E-state index is 0.0704. The van der Waals surface area contributed by atoms with Crippen molar-refractivity contribution in [3.63, 3.8) is 0 Å². The second kappa shape index (κ2) is 5.13. The zero-order valence-corrected chi connectivity index (χ0v) is 9.55. The second-order valence-electron chi connectivity index (χ2n) is 3.64. The van der Waals surface area contributed by atoms with E-state index >= 15 is 0 Å². The van der Waals surface area contributed by atoms with Gasteiger partial charge < -0.3 is 0 Å². The molecule has 0 bridgehead atoms. The van der Waals surface area contributed by atoms with Crippen molar-refractivity contribution in [3.8, 4) is 11.8 Å². The topological polar surface area (TPSA) is 34.9 Å². The standard InChI is InChI=1S/C14H12N2O/c1-12(17)14-7-5-13(6-8-14)4-2-10-16-11-3-9-15-16/h3,5-9,11H,10H2,1H3. The van der Waals surface area contributed by atoms with Crippen molar-refractivity contribution >= 4 is 5.78 Å². The molecule has 3 heteroatoms. The fourth-order valence-corrected chi connectivity index (χ4v) is 1.40. The van der Waals surface area contributed by atoms with Crippen molar-refractivity contribution in [2.24, 2.45) is 0 Å². The number of rotatable bonds is 2. The van der Waals surface area contributed by atoms with E-state index in [0.717, 1.165) is 5.56 Å². The number of Topliss-reactive ketones (excluding diaryl/α,β-unsaturated/α-hetero) is 1. The lowest BCUT2D eigenvalue weighted by atomic mass is 10.1. The molecule has 17 heavy (non-hydrogen) atoms. The molecule has 84 valence electrons. The molecular weight excluding hydrogens is 212 g/mol. The normalized spacial score (nSPS) is 9.47. The molecule has 0 aliphatic carbocycles. The van der Waals surface area contributed by atoms with Crippen molar-refractivity contribution in [1.29, 1.82) is 0 Å². The molecule has 0 spiro atoms. The highest BCUT2D eigenvalue weighted by Crippen LogP contribution is 2.03. The molecule has 0 N–H and O–H groups in total. The van der Waals surface area contributed by atoms with Crippen LogP contribution in [0, 0.1) is 11.8 Å². The van der Waals surface area contributed by atoms with Gasteiger partial charge in [0.25, 0.3) is 0 Å². The van der Waals surface area contributed by atoms with E-state index in [1.54, 1.807) is 29.9 Å². The summed E-state index contributed by atoms with van der Waals surface area (Å²) in [6.45, 7) is 2.12. The number of nitrogens with zero attached hydrogens (tertiary/aromatic N) is 2. The maximum absolute atomic E-state index is 11.1. The second-order valence-corrected chi connectivity index (χ2v) is 3.64. The van der Waals surface area contributed by atoms with Crippen LogP contribution in [0.4, 0.5) is 0 Å². The Bertz CT molecular complexity index is 557. The molecule has 1 aromatic carbocycles. The van der Waals surface area contributed by atoms with E-state index in [0.29, 0.717) is 12.1 Å². The van der Waals surface area contributed by atoms with Crippen LogP contribution in [0.2, 0.25) is 0 Å². The number of carbonyl (C=O) groups is 1. The SMILES string of the molecule is CC(=O)c1ccc(C#CCn2cccn2)cc1. The first kappa shape index (κ1) is 11.2. The Hall–Kier alpha value is -2.34. The number of benzene rings is 1. The Morgan fingerprint density at radius 1 is 1.35 bits per heavy atom. The van der Waals surface area contributed by atoms with Crippen LogP contribution in [0.15, 0.2) is 42.7 Å². The molecule has 0 saturated carbocycles. The van der Waals surface area contributed by atoms with Gasteiger partial charge in [-0.3, -0.25) is 9.48 Å². The van der Waals surface area contributed by atoms with Gasteiger partial charge in [0, 0.05) is 23.5 Å². The first-order chi connectivity index (χ1) is 8.25. The van der Waals surface area contributed by atoms with Gasteiger partial charge >= 0.3 is 0 Å². The summed E-state index contributed by atoms with van der Waals surface area (Å²) in [5.41, 5.74) is 1.62. The summed E-state index contributed by atoms with van der Waals surface area (Å²) in [7, 11) is 0. The minimum Gasteiger partial charge on any atom is -0.295 e. The van der Waals surface area contributed by atoms with E-state index in [9.17, 15) is 4.79 Å². The maximum atomic E-state index is 11.1. The van der Waals surface area contributed by atoms with Crippen molar-refractivity contribution < 1.29 is 4.79 Å². The molecule has 0 fully saturated rings. The molecule has 0 amide bonds. The molecule has 0 aliphatic heterocycles. The Morgan fingerprint density at radius 2 is 2.12 bits per heavy atom. The van der Waals surface area contributed by atoms with Crippen LogP contribution in [0.1, 0.15) is 22.8 Å². The van der Waals surface area contributed by atoms with E-state index in [4.69, 9.17) is 0 Å². The summed E-state index contributed by atoms with van der Waals surface area (Å²) in [4.78, 5) is 11.1. The van der Waals surface area contributed by atoms with Gasteiger partial charge in [-0.05, 0) is 25.1 Å². The van der Waals surface area contributed by atoms with Crippen molar-refractivity contribution in [1.82, 2.24) is 9.78 Å². The zero-order valence-electron chi connectivity index (χ0n) is 9.55. The molecule has 0 aliphatic rings. The molecule has 1 aromatic heterocycles. The number of hydrogen-bond acceptors (Lipinski definition) is 2. The Morgan fingerprint density at radius 3 is 2.71 bits per heavy atom. The van der Waals surface area contributed by atoms with E-state index in [1.165, 1.54) is 0 Å². The van der Waals surface area contributed by atoms with Crippen LogP contribution in [0.5, 0.6) is 0 Å². The van der Waals surface area contributed by atoms with E-state index in [-0.39, 0.29) is 5.78 Å². The largest absolute Gasteiger partial charge is 0.295 e. The van der Waals surface area contributed by atoms with Crippen molar-refractivity contribution in [2.45, 2.75) is 13.5 Å². The highest BCUT2D eigenvalue weighted by Gasteiger charge is 1.96. The van der Waals surface area contributed by atoms with Crippen LogP contribution in [-0.4, -0.2) is 15.6 Å². The zero-order chi connectivity index (χ0) is 12.1. The fourth-order valence-electron chi connectivity index (χ4n) is 1.40. The Balaban J connectivity index is 2.04. The molecule has 1 heterocycles. The lowest BCUT2D eigenvalue weighted by molar-refractivity contribution is 0.101. The highest BCUT2D eigenvalue weighted by molar-refractivity contribution is 5.94. The third kappa shape index (κ3) is 3.05. The van der Waals surface area contributed by atoms with Gasteiger partial charge in [0.05, 0.1) is 0 Å². The van der Waals surface area contributed by atoms with E-state index in [2.05, 4.69) is 16.9 Å². The van der Waals surface area contributed by atoms with Gasteiger partial charge in [0.15, 0.2) is 5.78 Å². The van der Waals surface area contributed by atoms with E-state index in [1.807, 2.05) is 24.4 Å². The summed E-state index contributed by atoms with van der Waals surface area (Å²) in [6, 6.07) is 9.16. The summed E-state index contributed by atoms with van der Waals surface area (Å²) in [6.07, 6.45) is 3.59. The predicted octanol–water partition coefficient (Wildman–Crippen LogP) is 2.14. The van der Waals surface area contributed by atoms with Crippen LogP contribution < -0.4 is 0 Å². The van der Waals surface area contributed by atoms with Gasteiger partial charge in [-0.15, -0.1) is 0 Å². The number of aromatic nitrogens is 2. The molecule has 2 aromatic rings. The number of carbonyl (C=O) groups excluding carboxylic acids is 1. The Labute approximate surface area is 100 Å². The molecule has 0 saturated heterocycles. The van der Waals surface area contributed by atoms with Crippen LogP contribution in [0.3, 0.4) is 0 Å². The van der Waals surface area contributed by atoms with Crippen molar-refractivity contribution in [3.05, 3.63) is 53.9 Å². The van der Waals surface area contributed by atoms with Gasteiger partial charge in [0.1, 0.15) is 6.54 Å². The monoisotopic (exact) mass is 224 g/mol. The lowest BCUT2D eigenvalue weighted by Gasteiger charge is -1.95. The third-order valence-electron chi connectivity index (χ3n) is 2.32. The quantitative estimate of drug-likeness (QED) is 0.578. The summed E-state index contributed by atoms with van der Waals surface area (Å²) >= 11 is 0. The average molecular weight is 224 g/mol. The van der Waals surface area contributed by atoms with E-state index < -0.39 is 0 Å². The maximum Gasteiger partial charge on any atom is 0.159 e. The Kier molecular flexibility index (Phi) is 3.37. The predicted molar refractivity (Wildman–Crippen MR) is 65.6 cm³/mol. The molecule has 0 unspecified atom stereocenters. The third-order valence-corrected chi connectivity index (χ3v) is 2.32. The minimum atomic E-state index is 0.0704. The number of hydrogen-bond donors (Lipinski definition) is 0. The molecular formula is C14H12N2O. The fraction of sp³-hybridized carbons (Fsp3) is 0.143. The van der Waals surface area contributed by atoms with Gasteiger partial charge in [-0.1, -0.05) is 24.0 Å². The molecule has 2 rings (SSSR count). The van der Waals surface area contributed by atoms with Gasteiger partial charge in [-0.25, -0.2) is 0 Å². The average Bonchev–Trinajstić information content (AvgIpc) is 2.83. The number of ketones is 1. The summed E-state index contributed by atoms with van der Waals surface area (Å²) in [5.74, 6) is 6.12. The van der Waals surface area contributed by atoms with Crippen LogP contribution >= 0.6 is 0 Å². The van der Waals surface area contributed by atoms with Gasteiger partial charge in [-0.2, -0.15) is 5.10 Å². The van der Waals surface area contributed by atoms with Gasteiger partial charge in [0.2, 0.25) is 0 Å². The first-order valence-corrected chi connectivity index (χ1v) is 5.33. The highest BCUT2D eigenvalue weighted by atomic mass is 16.1. The van der Waals surface area contributed by atoms with Crippen LogP contribution in [0.25, 0.3) is 0 Å². The molecule has 0 radical (unpaired) electrons. The summed E-state index contributed by atoms with van der Waals surface area (Å²) < 4.78 is 1.76. The molecule has 3 nitrogen and oxygen atoms in total. The smallest absolute Gasteiger partial charge is 0.159 e. The lowest BCUT2D eigenvalue weighted by Crippen LogP contribution is -1.95. The summed E-state index contributed by atoms with van der Waals surface area (Å²) in [5, 5.41) is 4.05. The van der Waals surface area contributed by atoms with Crippen LogP contribution in [-0.2, 0) is 6.54 Å². The van der Waals surface area contributed by atoms with Crippen molar-refractivity contribution in [2.75, 3.05) is 0 Å².